The van der Waals surface area contributed by atoms with Gasteiger partial charge in [0.05, 0.1) is 0 Å². The van der Waals surface area contributed by atoms with Crippen molar-refractivity contribution in [3.8, 4) is 0 Å². The van der Waals surface area contributed by atoms with Gasteiger partial charge < -0.3 is 9.47 Å². The first-order valence-corrected chi connectivity index (χ1v) is 9.41. The number of fused-ring (bicyclic) bond motifs is 1. The average Bonchev–Trinajstić information content (AvgIpc) is 3.24. The monoisotopic (exact) mass is 319 g/mol. The Kier molecular flexibility index (Phi) is 4.47. The lowest BCUT2D eigenvalue weighted by Gasteiger charge is -2.36. The van der Waals surface area contributed by atoms with Crippen molar-refractivity contribution < 1.29 is 4.65 Å². The molecule has 0 radical (unpaired) electrons. The molecule has 3 heteroatoms. The van der Waals surface area contributed by atoms with E-state index in [2.05, 4.69) is 72.4 Å². The van der Waals surface area contributed by atoms with E-state index in [1.807, 2.05) is 0 Å². The summed E-state index contributed by atoms with van der Waals surface area (Å²) in [7, 11) is 0.248. The first-order chi connectivity index (χ1) is 11.9. The number of benzene rings is 2. The molecule has 2 aromatic rings. The van der Waals surface area contributed by atoms with Crippen LogP contribution < -0.4 is 0 Å². The fourth-order valence-electron chi connectivity index (χ4n) is 4.59. The van der Waals surface area contributed by atoms with Crippen LogP contribution in [-0.4, -0.2) is 24.4 Å². The third-order valence-corrected chi connectivity index (χ3v) is 5.67. The van der Waals surface area contributed by atoms with E-state index in [0.717, 1.165) is 6.32 Å². The molecule has 24 heavy (non-hydrogen) atoms. The molecule has 0 aliphatic carbocycles. The molecule has 2 nitrogen and oxygen atoms in total. The van der Waals surface area contributed by atoms with Crippen LogP contribution in [0.5, 0.6) is 0 Å². The molecule has 1 atom stereocenters. The number of nitrogens with zero attached hydrogens (tertiary/aromatic N) is 1. The molecule has 2 heterocycles. The van der Waals surface area contributed by atoms with Crippen LogP contribution in [-0.2, 0) is 10.3 Å². The van der Waals surface area contributed by atoms with Gasteiger partial charge >= 0.3 is 7.05 Å². The topological polar surface area (TPSA) is 12.5 Å². The summed E-state index contributed by atoms with van der Waals surface area (Å²) in [6.45, 7) is 3.43. The number of rotatable bonds is 5. The summed E-state index contributed by atoms with van der Waals surface area (Å²) in [6.07, 6.45) is 6.08. The Hall–Kier alpha value is -1.58. The Morgan fingerprint density at radius 2 is 1.67 bits per heavy atom. The molecule has 0 saturated carbocycles. The molecule has 2 aliphatic heterocycles. The minimum absolute atomic E-state index is 0.248. The quantitative estimate of drug-likeness (QED) is 0.740. The average molecular weight is 319 g/mol. The standard InChI is InChI=1S/C21H26BNO/c1-2-3-16-22-23-17-10-15-20(23)21(24-22,18-11-6-4-7-12-18)19-13-8-5-9-14-19/h4-9,11-14,20H,2-3,10,15-17H2,1H3. The Balaban J connectivity index is 1.82. The van der Waals surface area contributed by atoms with Crippen molar-refractivity contribution in [3.05, 3.63) is 71.8 Å². The first-order valence-electron chi connectivity index (χ1n) is 9.41. The molecule has 0 amide bonds. The van der Waals surface area contributed by atoms with E-state index in [4.69, 9.17) is 4.65 Å². The Labute approximate surface area is 146 Å². The van der Waals surface area contributed by atoms with Crippen molar-refractivity contribution in [2.45, 2.75) is 50.6 Å². The molecule has 1 unspecified atom stereocenters. The third-order valence-electron chi connectivity index (χ3n) is 5.67. The van der Waals surface area contributed by atoms with Gasteiger partial charge in [0, 0.05) is 6.04 Å². The van der Waals surface area contributed by atoms with Crippen molar-refractivity contribution in [2.24, 2.45) is 0 Å². The molecule has 2 saturated heterocycles. The number of hydrogen-bond donors (Lipinski definition) is 0. The summed E-state index contributed by atoms with van der Waals surface area (Å²) >= 11 is 0. The summed E-state index contributed by atoms with van der Waals surface area (Å²) < 4.78 is 6.92. The van der Waals surface area contributed by atoms with Gasteiger partial charge in [0.1, 0.15) is 5.60 Å². The van der Waals surface area contributed by atoms with Crippen molar-refractivity contribution >= 4 is 7.05 Å². The maximum atomic E-state index is 6.92. The summed E-state index contributed by atoms with van der Waals surface area (Å²) in [4.78, 5) is 2.63. The van der Waals surface area contributed by atoms with Crippen LogP contribution in [0.4, 0.5) is 0 Å². The fraction of sp³-hybridized carbons (Fsp3) is 0.429. The molecular formula is C21H26BNO. The Morgan fingerprint density at radius 1 is 1.04 bits per heavy atom. The van der Waals surface area contributed by atoms with Crippen LogP contribution in [0.2, 0.25) is 6.32 Å². The zero-order valence-electron chi connectivity index (χ0n) is 14.5. The first kappa shape index (κ1) is 15.9. The van der Waals surface area contributed by atoms with Gasteiger partial charge in [-0.3, -0.25) is 0 Å². The zero-order chi connectivity index (χ0) is 16.4. The summed E-state index contributed by atoms with van der Waals surface area (Å²) in [5, 5.41) is 0. The van der Waals surface area contributed by atoms with Crippen LogP contribution in [0.3, 0.4) is 0 Å². The lowest BCUT2D eigenvalue weighted by atomic mass is 9.75. The summed E-state index contributed by atoms with van der Waals surface area (Å²) in [5.74, 6) is 0. The van der Waals surface area contributed by atoms with Gasteiger partial charge in [-0.05, 0) is 36.8 Å². The van der Waals surface area contributed by atoms with E-state index >= 15 is 0 Å². The molecule has 0 spiro atoms. The minimum atomic E-state index is -0.322. The normalized spacial score (nSPS) is 22.7. The second-order valence-electron chi connectivity index (χ2n) is 7.08. The molecular weight excluding hydrogens is 293 g/mol. The third kappa shape index (κ3) is 2.51. The maximum Gasteiger partial charge on any atom is 0.383 e. The van der Waals surface area contributed by atoms with E-state index in [-0.39, 0.29) is 12.7 Å². The molecule has 0 N–H and O–H groups in total. The van der Waals surface area contributed by atoms with Crippen LogP contribution in [0.25, 0.3) is 0 Å². The lowest BCUT2D eigenvalue weighted by Crippen LogP contribution is -2.41. The molecule has 2 fully saturated rings. The SMILES string of the molecule is CCCCB1OC(c2ccccc2)(c2ccccc2)C2CCCN12. The van der Waals surface area contributed by atoms with Crippen molar-refractivity contribution in [1.29, 1.82) is 0 Å². The summed E-state index contributed by atoms with van der Waals surface area (Å²) in [6, 6.07) is 22.2. The van der Waals surface area contributed by atoms with Gasteiger partial charge in [0.25, 0.3) is 0 Å². The number of hydrogen-bond acceptors (Lipinski definition) is 2. The molecule has 124 valence electrons. The van der Waals surface area contributed by atoms with Crippen LogP contribution >= 0.6 is 0 Å². The van der Waals surface area contributed by atoms with Gasteiger partial charge in [-0.25, -0.2) is 0 Å². The van der Waals surface area contributed by atoms with E-state index in [1.165, 1.54) is 43.4 Å². The van der Waals surface area contributed by atoms with E-state index < -0.39 is 0 Å². The molecule has 4 rings (SSSR count). The highest BCUT2D eigenvalue weighted by Crippen LogP contribution is 2.49. The van der Waals surface area contributed by atoms with Crippen LogP contribution in [0.15, 0.2) is 60.7 Å². The second-order valence-corrected chi connectivity index (χ2v) is 7.08. The highest BCUT2D eigenvalue weighted by Gasteiger charge is 2.57. The van der Waals surface area contributed by atoms with Gasteiger partial charge in [-0.1, -0.05) is 80.4 Å². The van der Waals surface area contributed by atoms with E-state index in [1.54, 1.807) is 0 Å². The van der Waals surface area contributed by atoms with Gasteiger partial charge in [0.15, 0.2) is 0 Å². The second kappa shape index (κ2) is 6.74. The minimum Gasteiger partial charge on any atom is -0.406 e. The van der Waals surface area contributed by atoms with Gasteiger partial charge in [0.2, 0.25) is 0 Å². The smallest absolute Gasteiger partial charge is 0.383 e. The molecule has 0 aromatic heterocycles. The highest BCUT2D eigenvalue weighted by atomic mass is 16.5. The number of unbranched alkanes of at least 4 members (excludes halogenated alkanes) is 1. The predicted molar refractivity (Wildman–Crippen MR) is 99.9 cm³/mol. The predicted octanol–water partition coefficient (Wildman–Crippen LogP) is 4.71. The highest BCUT2D eigenvalue weighted by molar-refractivity contribution is 6.49. The van der Waals surface area contributed by atoms with E-state index in [9.17, 15) is 0 Å². The molecule has 0 bridgehead atoms. The van der Waals surface area contributed by atoms with Gasteiger partial charge in [-0.2, -0.15) is 0 Å². The van der Waals surface area contributed by atoms with Crippen molar-refractivity contribution in [2.75, 3.05) is 6.54 Å². The Bertz CT molecular complexity index is 621. The maximum absolute atomic E-state index is 6.92. The van der Waals surface area contributed by atoms with E-state index in [0.29, 0.717) is 6.04 Å². The van der Waals surface area contributed by atoms with Gasteiger partial charge in [-0.15, -0.1) is 0 Å². The van der Waals surface area contributed by atoms with Crippen LogP contribution in [0.1, 0.15) is 43.7 Å². The Morgan fingerprint density at radius 3 is 2.25 bits per heavy atom. The summed E-state index contributed by atoms with van der Waals surface area (Å²) in [5.41, 5.74) is 2.27. The molecule has 2 aliphatic rings. The van der Waals surface area contributed by atoms with Crippen LogP contribution in [0, 0.1) is 0 Å². The zero-order valence-corrected chi connectivity index (χ0v) is 14.5. The fourth-order valence-corrected chi connectivity index (χ4v) is 4.59. The van der Waals surface area contributed by atoms with Crippen molar-refractivity contribution in [1.82, 2.24) is 4.81 Å². The molecule has 2 aromatic carbocycles. The van der Waals surface area contributed by atoms with Crippen molar-refractivity contribution in [3.63, 3.8) is 0 Å². The largest absolute Gasteiger partial charge is 0.406 e. The lowest BCUT2D eigenvalue weighted by molar-refractivity contribution is 0.105.